The predicted molar refractivity (Wildman–Crippen MR) is 115 cm³/mol. The number of piperazine rings is 1. The second-order valence-corrected chi connectivity index (χ2v) is 8.56. The lowest BCUT2D eigenvalue weighted by atomic mass is 10.1. The fourth-order valence-corrected chi connectivity index (χ4v) is 4.21. The second-order valence-electron chi connectivity index (χ2n) is 7.53. The standard InChI is InChI=1S/C22H26N4O2S/c1-16-5-6-17(2)19(12-16)24-22(27)20-15-28-21(23-20)14-26-9-7-25(8-10-26)13-18-4-3-11-29-18/h3-6,11-12,15H,7-10,13-14H2,1-2H3,(H,24,27). The number of hydrogen-bond acceptors (Lipinski definition) is 6. The molecule has 0 radical (unpaired) electrons. The Bertz CT molecular complexity index is 959. The zero-order valence-electron chi connectivity index (χ0n) is 16.9. The number of benzene rings is 1. The van der Waals surface area contributed by atoms with Gasteiger partial charge in [-0.15, -0.1) is 11.3 Å². The van der Waals surface area contributed by atoms with Crippen molar-refractivity contribution in [3.8, 4) is 0 Å². The van der Waals surface area contributed by atoms with Crippen LogP contribution >= 0.6 is 11.3 Å². The summed E-state index contributed by atoms with van der Waals surface area (Å²) in [5, 5.41) is 5.06. The zero-order valence-corrected chi connectivity index (χ0v) is 17.7. The molecule has 4 rings (SSSR count). The van der Waals surface area contributed by atoms with Crippen molar-refractivity contribution < 1.29 is 9.21 Å². The van der Waals surface area contributed by atoms with Gasteiger partial charge in [-0.25, -0.2) is 4.98 Å². The van der Waals surface area contributed by atoms with E-state index in [1.165, 1.54) is 11.1 Å². The number of aromatic nitrogens is 1. The third kappa shape index (κ3) is 5.12. The van der Waals surface area contributed by atoms with Gasteiger partial charge in [0.05, 0.1) is 6.54 Å². The lowest BCUT2D eigenvalue weighted by molar-refractivity contribution is 0.102. The number of anilines is 1. The van der Waals surface area contributed by atoms with Crippen molar-refractivity contribution >= 4 is 22.9 Å². The molecule has 6 nitrogen and oxygen atoms in total. The summed E-state index contributed by atoms with van der Waals surface area (Å²) in [4.78, 5) is 23.1. The molecule has 1 aliphatic heterocycles. The molecule has 1 amide bonds. The number of amides is 1. The Morgan fingerprint density at radius 2 is 1.90 bits per heavy atom. The Kier molecular flexibility index (Phi) is 6.08. The predicted octanol–water partition coefficient (Wildman–Crippen LogP) is 3.92. The SMILES string of the molecule is Cc1ccc(C)c(NC(=O)c2coc(CN3CCN(Cc4cccs4)CC3)n2)c1. The van der Waals surface area contributed by atoms with Crippen LogP contribution < -0.4 is 5.32 Å². The molecule has 2 aromatic heterocycles. The normalized spacial score (nSPS) is 15.5. The molecule has 1 saturated heterocycles. The summed E-state index contributed by atoms with van der Waals surface area (Å²) in [6, 6.07) is 10.3. The van der Waals surface area contributed by atoms with Crippen molar-refractivity contribution in [2.75, 3.05) is 31.5 Å². The van der Waals surface area contributed by atoms with E-state index >= 15 is 0 Å². The smallest absolute Gasteiger partial charge is 0.277 e. The molecule has 152 valence electrons. The first kappa shape index (κ1) is 19.8. The molecule has 0 atom stereocenters. The summed E-state index contributed by atoms with van der Waals surface area (Å²) in [6.45, 7) is 9.62. The molecule has 1 aliphatic rings. The lowest BCUT2D eigenvalue weighted by Gasteiger charge is -2.33. The first-order valence-electron chi connectivity index (χ1n) is 9.87. The summed E-state index contributed by atoms with van der Waals surface area (Å²) in [5.74, 6) is 0.345. The summed E-state index contributed by atoms with van der Waals surface area (Å²) in [6.07, 6.45) is 1.45. The van der Waals surface area contributed by atoms with Crippen LogP contribution in [0.25, 0.3) is 0 Å². The van der Waals surface area contributed by atoms with E-state index in [4.69, 9.17) is 4.42 Å². The Balaban J connectivity index is 1.29. The van der Waals surface area contributed by atoms with Gasteiger partial charge < -0.3 is 9.73 Å². The van der Waals surface area contributed by atoms with Crippen LogP contribution in [0.4, 0.5) is 5.69 Å². The number of oxazole rings is 1. The quantitative estimate of drug-likeness (QED) is 0.667. The van der Waals surface area contributed by atoms with Crippen LogP contribution in [-0.4, -0.2) is 46.9 Å². The van der Waals surface area contributed by atoms with Crippen LogP contribution in [0.5, 0.6) is 0 Å². The number of hydrogen-bond donors (Lipinski definition) is 1. The first-order valence-corrected chi connectivity index (χ1v) is 10.7. The average Bonchev–Trinajstić information content (AvgIpc) is 3.38. The number of carbonyl (C=O) groups excluding carboxylic acids is 1. The molecule has 3 heterocycles. The summed E-state index contributed by atoms with van der Waals surface area (Å²) >= 11 is 1.81. The summed E-state index contributed by atoms with van der Waals surface area (Å²) < 4.78 is 5.57. The van der Waals surface area contributed by atoms with Gasteiger partial charge in [-0.3, -0.25) is 14.6 Å². The van der Waals surface area contributed by atoms with Gasteiger partial charge in [0.2, 0.25) is 5.89 Å². The van der Waals surface area contributed by atoms with Crippen molar-refractivity contribution in [2.24, 2.45) is 0 Å². The van der Waals surface area contributed by atoms with Gasteiger partial charge in [0.1, 0.15) is 6.26 Å². The fraction of sp³-hybridized carbons (Fsp3) is 0.364. The number of nitrogens with zero attached hydrogens (tertiary/aromatic N) is 3. The van der Waals surface area contributed by atoms with E-state index in [1.807, 2.05) is 43.4 Å². The molecule has 0 unspecified atom stereocenters. The molecular formula is C22H26N4O2S. The molecule has 0 saturated carbocycles. The Labute approximate surface area is 175 Å². The van der Waals surface area contributed by atoms with E-state index in [9.17, 15) is 4.79 Å². The van der Waals surface area contributed by atoms with E-state index in [1.54, 1.807) is 0 Å². The van der Waals surface area contributed by atoms with Gasteiger partial charge in [-0.05, 0) is 42.5 Å². The molecular weight excluding hydrogens is 384 g/mol. The highest BCUT2D eigenvalue weighted by Crippen LogP contribution is 2.18. The lowest BCUT2D eigenvalue weighted by Crippen LogP contribution is -2.45. The Hall–Kier alpha value is -2.48. The molecule has 3 aromatic rings. The van der Waals surface area contributed by atoms with Gasteiger partial charge in [0.15, 0.2) is 5.69 Å². The number of carbonyl (C=O) groups is 1. The van der Waals surface area contributed by atoms with E-state index in [-0.39, 0.29) is 5.91 Å². The maximum atomic E-state index is 12.5. The second kappa shape index (κ2) is 8.90. The number of thiophene rings is 1. The van der Waals surface area contributed by atoms with Crippen molar-refractivity contribution in [1.29, 1.82) is 0 Å². The molecule has 0 bridgehead atoms. The number of rotatable bonds is 6. The maximum Gasteiger partial charge on any atom is 0.277 e. The first-order chi connectivity index (χ1) is 14.1. The van der Waals surface area contributed by atoms with E-state index in [2.05, 4.69) is 37.6 Å². The Morgan fingerprint density at radius 3 is 2.62 bits per heavy atom. The van der Waals surface area contributed by atoms with Crippen molar-refractivity contribution in [3.63, 3.8) is 0 Å². The minimum atomic E-state index is -0.241. The number of nitrogens with one attached hydrogen (secondary N) is 1. The van der Waals surface area contributed by atoms with E-state index in [0.29, 0.717) is 18.1 Å². The van der Waals surface area contributed by atoms with Gasteiger partial charge in [-0.2, -0.15) is 0 Å². The third-order valence-corrected chi connectivity index (χ3v) is 6.07. The molecule has 1 fully saturated rings. The molecule has 0 spiro atoms. The Morgan fingerprint density at radius 1 is 1.14 bits per heavy atom. The van der Waals surface area contributed by atoms with E-state index < -0.39 is 0 Å². The van der Waals surface area contributed by atoms with Gasteiger partial charge in [-0.1, -0.05) is 18.2 Å². The topological polar surface area (TPSA) is 61.6 Å². The average molecular weight is 411 g/mol. The fourth-order valence-electron chi connectivity index (χ4n) is 3.46. The van der Waals surface area contributed by atoms with Crippen molar-refractivity contribution in [1.82, 2.24) is 14.8 Å². The minimum absolute atomic E-state index is 0.241. The van der Waals surface area contributed by atoms with Gasteiger partial charge in [0.25, 0.3) is 5.91 Å². The highest BCUT2D eigenvalue weighted by atomic mass is 32.1. The van der Waals surface area contributed by atoms with Gasteiger partial charge in [0, 0.05) is 43.3 Å². The van der Waals surface area contributed by atoms with Crippen LogP contribution in [0, 0.1) is 13.8 Å². The zero-order chi connectivity index (χ0) is 20.2. The van der Waals surface area contributed by atoms with Gasteiger partial charge >= 0.3 is 0 Å². The highest BCUT2D eigenvalue weighted by Gasteiger charge is 2.20. The molecule has 1 aromatic carbocycles. The van der Waals surface area contributed by atoms with Crippen molar-refractivity contribution in [2.45, 2.75) is 26.9 Å². The van der Waals surface area contributed by atoms with Crippen LogP contribution in [0.3, 0.4) is 0 Å². The largest absolute Gasteiger partial charge is 0.447 e. The van der Waals surface area contributed by atoms with E-state index in [0.717, 1.165) is 49.5 Å². The monoisotopic (exact) mass is 410 g/mol. The van der Waals surface area contributed by atoms with Crippen LogP contribution in [0.1, 0.15) is 32.4 Å². The molecule has 7 heteroatoms. The molecule has 1 N–H and O–H groups in total. The summed E-state index contributed by atoms with van der Waals surface area (Å²) in [7, 11) is 0. The van der Waals surface area contributed by atoms with Crippen LogP contribution in [-0.2, 0) is 13.1 Å². The third-order valence-electron chi connectivity index (χ3n) is 5.21. The maximum absolute atomic E-state index is 12.5. The summed E-state index contributed by atoms with van der Waals surface area (Å²) in [5.41, 5.74) is 3.25. The van der Waals surface area contributed by atoms with Crippen molar-refractivity contribution in [3.05, 3.63) is 69.6 Å². The number of aryl methyl sites for hydroxylation is 2. The molecule has 0 aliphatic carbocycles. The highest BCUT2D eigenvalue weighted by molar-refractivity contribution is 7.09. The van der Waals surface area contributed by atoms with Crippen LogP contribution in [0.15, 0.2) is 46.4 Å². The van der Waals surface area contributed by atoms with Crippen LogP contribution in [0.2, 0.25) is 0 Å². The molecule has 29 heavy (non-hydrogen) atoms. The minimum Gasteiger partial charge on any atom is -0.447 e.